The summed E-state index contributed by atoms with van der Waals surface area (Å²) in [6.07, 6.45) is 2.35. The van der Waals surface area contributed by atoms with E-state index in [-0.39, 0.29) is 6.61 Å². The van der Waals surface area contributed by atoms with Crippen LogP contribution in [-0.2, 0) is 13.0 Å². The number of aromatic carboxylic acids is 1. The van der Waals surface area contributed by atoms with Gasteiger partial charge in [-0.1, -0.05) is 6.92 Å². The van der Waals surface area contributed by atoms with Crippen LogP contribution >= 0.6 is 0 Å². The summed E-state index contributed by atoms with van der Waals surface area (Å²) >= 11 is 0. The molecular formula is C9H13NO3. The van der Waals surface area contributed by atoms with Crippen molar-refractivity contribution in [1.82, 2.24) is 4.57 Å². The SMILES string of the molecule is CCc1c(C(=O)O)ccn1CCO. The van der Waals surface area contributed by atoms with Gasteiger partial charge in [-0.2, -0.15) is 0 Å². The lowest BCUT2D eigenvalue weighted by Crippen LogP contribution is -2.08. The third-order valence-corrected chi connectivity index (χ3v) is 1.98. The predicted octanol–water partition coefficient (Wildman–Crippen LogP) is 0.741. The molecule has 72 valence electrons. The number of carbonyl (C=O) groups is 1. The molecule has 0 atom stereocenters. The van der Waals surface area contributed by atoms with E-state index in [0.29, 0.717) is 18.5 Å². The minimum Gasteiger partial charge on any atom is -0.478 e. The maximum atomic E-state index is 10.7. The van der Waals surface area contributed by atoms with Crippen LogP contribution in [0.5, 0.6) is 0 Å². The van der Waals surface area contributed by atoms with Crippen molar-refractivity contribution in [3.05, 3.63) is 23.5 Å². The lowest BCUT2D eigenvalue weighted by molar-refractivity contribution is 0.0695. The van der Waals surface area contributed by atoms with Crippen LogP contribution in [-0.4, -0.2) is 27.4 Å². The van der Waals surface area contributed by atoms with Crippen molar-refractivity contribution in [3.63, 3.8) is 0 Å². The van der Waals surface area contributed by atoms with E-state index in [9.17, 15) is 4.79 Å². The molecule has 0 bridgehead atoms. The lowest BCUT2D eigenvalue weighted by Gasteiger charge is -2.05. The van der Waals surface area contributed by atoms with E-state index in [1.165, 1.54) is 0 Å². The van der Waals surface area contributed by atoms with Gasteiger partial charge < -0.3 is 14.8 Å². The van der Waals surface area contributed by atoms with Crippen LogP contribution in [0.25, 0.3) is 0 Å². The molecule has 0 aliphatic carbocycles. The Morgan fingerprint density at radius 1 is 1.62 bits per heavy atom. The summed E-state index contributed by atoms with van der Waals surface area (Å²) in [4.78, 5) is 10.7. The zero-order valence-corrected chi connectivity index (χ0v) is 7.53. The van der Waals surface area contributed by atoms with Gasteiger partial charge in [-0.3, -0.25) is 0 Å². The molecule has 1 heterocycles. The number of carboxylic acids is 1. The van der Waals surface area contributed by atoms with Crippen LogP contribution < -0.4 is 0 Å². The number of carboxylic acid groups (broad SMARTS) is 1. The van der Waals surface area contributed by atoms with Crippen LogP contribution in [0, 0.1) is 0 Å². The highest BCUT2D eigenvalue weighted by atomic mass is 16.4. The normalized spacial score (nSPS) is 10.3. The second-order valence-electron chi connectivity index (χ2n) is 2.75. The fourth-order valence-electron chi connectivity index (χ4n) is 1.41. The topological polar surface area (TPSA) is 62.5 Å². The van der Waals surface area contributed by atoms with Crippen molar-refractivity contribution in [2.75, 3.05) is 6.61 Å². The maximum absolute atomic E-state index is 10.7. The highest BCUT2D eigenvalue weighted by Crippen LogP contribution is 2.11. The number of nitrogens with zero attached hydrogens (tertiary/aromatic N) is 1. The van der Waals surface area contributed by atoms with Crippen molar-refractivity contribution < 1.29 is 15.0 Å². The Morgan fingerprint density at radius 3 is 2.77 bits per heavy atom. The van der Waals surface area contributed by atoms with Gasteiger partial charge in [-0.25, -0.2) is 4.79 Å². The third kappa shape index (κ3) is 1.89. The average Bonchev–Trinajstić information content (AvgIpc) is 2.48. The molecule has 0 aliphatic rings. The number of rotatable bonds is 4. The zero-order chi connectivity index (χ0) is 9.84. The Labute approximate surface area is 76.4 Å². The summed E-state index contributed by atoms with van der Waals surface area (Å²) in [5.41, 5.74) is 1.09. The second-order valence-corrected chi connectivity index (χ2v) is 2.75. The molecule has 0 aromatic carbocycles. The summed E-state index contributed by atoms with van der Waals surface area (Å²) < 4.78 is 1.77. The minimum atomic E-state index is -0.909. The van der Waals surface area contributed by atoms with E-state index in [1.54, 1.807) is 16.8 Å². The van der Waals surface area contributed by atoms with Crippen molar-refractivity contribution in [2.24, 2.45) is 0 Å². The molecule has 0 aliphatic heterocycles. The molecule has 1 aromatic heterocycles. The monoisotopic (exact) mass is 183 g/mol. The first-order chi connectivity index (χ1) is 6.20. The molecule has 4 heteroatoms. The predicted molar refractivity (Wildman–Crippen MR) is 47.9 cm³/mol. The molecule has 0 fully saturated rings. The van der Waals surface area contributed by atoms with Crippen molar-refractivity contribution >= 4 is 5.97 Å². The van der Waals surface area contributed by atoms with Gasteiger partial charge in [0.15, 0.2) is 0 Å². The van der Waals surface area contributed by atoms with Crippen molar-refractivity contribution in [1.29, 1.82) is 0 Å². The Bertz CT molecular complexity index is 304. The number of hydrogen-bond donors (Lipinski definition) is 2. The van der Waals surface area contributed by atoms with Gasteiger partial charge in [-0.05, 0) is 12.5 Å². The van der Waals surface area contributed by atoms with Gasteiger partial charge >= 0.3 is 5.97 Å². The van der Waals surface area contributed by atoms with Crippen molar-refractivity contribution in [3.8, 4) is 0 Å². The molecule has 4 nitrogen and oxygen atoms in total. The number of aliphatic hydroxyl groups excluding tert-OH is 1. The highest BCUT2D eigenvalue weighted by molar-refractivity contribution is 5.89. The van der Waals surface area contributed by atoms with Crippen LogP contribution in [0.15, 0.2) is 12.3 Å². The van der Waals surface area contributed by atoms with E-state index < -0.39 is 5.97 Å². The summed E-state index contributed by atoms with van der Waals surface area (Å²) in [5.74, 6) is -0.909. The fraction of sp³-hybridized carbons (Fsp3) is 0.444. The van der Waals surface area contributed by atoms with Gasteiger partial charge in [0.2, 0.25) is 0 Å². The largest absolute Gasteiger partial charge is 0.478 e. The molecule has 0 amide bonds. The van der Waals surface area contributed by atoms with Crippen molar-refractivity contribution in [2.45, 2.75) is 19.9 Å². The molecule has 0 unspecified atom stereocenters. The smallest absolute Gasteiger partial charge is 0.337 e. The van der Waals surface area contributed by atoms with Gasteiger partial charge in [-0.15, -0.1) is 0 Å². The third-order valence-electron chi connectivity index (χ3n) is 1.98. The van der Waals surface area contributed by atoms with Crippen LogP contribution in [0.4, 0.5) is 0 Å². The van der Waals surface area contributed by atoms with Gasteiger partial charge in [0.05, 0.1) is 12.2 Å². The van der Waals surface area contributed by atoms with Crippen LogP contribution in [0.1, 0.15) is 23.0 Å². The number of aromatic nitrogens is 1. The second kappa shape index (κ2) is 4.09. The van der Waals surface area contributed by atoms with E-state index in [2.05, 4.69) is 0 Å². The Morgan fingerprint density at radius 2 is 2.31 bits per heavy atom. The Kier molecular flexibility index (Phi) is 3.08. The molecule has 0 spiro atoms. The first-order valence-electron chi connectivity index (χ1n) is 4.22. The summed E-state index contributed by atoms with van der Waals surface area (Å²) in [5, 5.41) is 17.5. The molecule has 2 N–H and O–H groups in total. The zero-order valence-electron chi connectivity index (χ0n) is 7.53. The molecule has 13 heavy (non-hydrogen) atoms. The quantitative estimate of drug-likeness (QED) is 0.723. The van der Waals surface area contributed by atoms with E-state index in [0.717, 1.165) is 5.69 Å². The standard InChI is InChI=1S/C9H13NO3/c1-2-8-7(9(12)13)3-4-10(8)5-6-11/h3-4,11H,2,5-6H2,1H3,(H,12,13). The molecule has 0 saturated heterocycles. The average molecular weight is 183 g/mol. The number of aliphatic hydroxyl groups is 1. The Balaban J connectivity index is 3.03. The van der Waals surface area contributed by atoms with Crippen LogP contribution in [0.3, 0.4) is 0 Å². The summed E-state index contributed by atoms with van der Waals surface area (Å²) in [6, 6.07) is 1.57. The molecule has 1 rings (SSSR count). The highest BCUT2D eigenvalue weighted by Gasteiger charge is 2.12. The van der Waals surface area contributed by atoms with Gasteiger partial charge in [0.25, 0.3) is 0 Å². The lowest BCUT2D eigenvalue weighted by atomic mass is 10.2. The van der Waals surface area contributed by atoms with E-state index in [1.807, 2.05) is 6.92 Å². The fourth-order valence-corrected chi connectivity index (χ4v) is 1.41. The minimum absolute atomic E-state index is 0.0285. The van der Waals surface area contributed by atoms with E-state index >= 15 is 0 Å². The first kappa shape index (κ1) is 9.80. The molecule has 0 saturated carbocycles. The summed E-state index contributed by atoms with van der Waals surface area (Å²) in [7, 11) is 0. The summed E-state index contributed by atoms with van der Waals surface area (Å²) in [6.45, 7) is 2.38. The van der Waals surface area contributed by atoms with Gasteiger partial charge in [0.1, 0.15) is 0 Å². The Hall–Kier alpha value is -1.29. The first-order valence-corrected chi connectivity index (χ1v) is 4.22. The van der Waals surface area contributed by atoms with E-state index in [4.69, 9.17) is 10.2 Å². The van der Waals surface area contributed by atoms with Crippen LogP contribution in [0.2, 0.25) is 0 Å². The maximum Gasteiger partial charge on any atom is 0.337 e. The number of hydrogen-bond acceptors (Lipinski definition) is 2. The van der Waals surface area contributed by atoms with Gasteiger partial charge in [0, 0.05) is 18.4 Å². The molecule has 0 radical (unpaired) electrons. The molecule has 1 aromatic rings. The molecular weight excluding hydrogens is 170 g/mol.